The zero-order valence-corrected chi connectivity index (χ0v) is 56.2. The van der Waals surface area contributed by atoms with Crippen LogP contribution in [0.4, 0.5) is 17.6 Å². The second-order valence-corrected chi connectivity index (χ2v) is 30.1. The van der Waals surface area contributed by atoms with E-state index in [1.54, 1.807) is 0 Å². The molecular weight excluding hydrogens is 1140 g/mol. The van der Waals surface area contributed by atoms with Crippen molar-refractivity contribution >= 4 is 22.5 Å². The molecule has 464 valence electrons. The van der Waals surface area contributed by atoms with Crippen LogP contribution in [0.3, 0.4) is 0 Å². The van der Waals surface area contributed by atoms with Crippen molar-refractivity contribution in [3.63, 3.8) is 0 Å². The fourth-order valence-electron chi connectivity index (χ4n) is 14.7. The molecule has 8 fully saturated rings. The van der Waals surface area contributed by atoms with Crippen LogP contribution in [0, 0.1) is 47.9 Å². The van der Waals surface area contributed by atoms with Crippen molar-refractivity contribution in [3.05, 3.63) is 155 Å². The van der Waals surface area contributed by atoms with Gasteiger partial charge in [0.05, 0.1) is 31.3 Å². The number of ether oxygens (including phenoxy) is 2. The predicted molar refractivity (Wildman–Crippen MR) is 318 cm³/mol. The standard InChI is InChI=1S/C21H28.C21H27.C14H20F2O3.C13H17F2O3.ClH.Na.O3S/c2*1-20(2,3)18-11-7-16(8-12-18)15-17-9-13-19(14-10-17)21(4,5)6;1-12(15,16)11(17)19-8-13-3-9-2-10(4-13)6-14(18,5-9)7-13;14-10(15)11(16)18-7-12-2-8-1-9(3-12)5-13(17,4-8)6-12;;;1-4(2)3/h7-14H,15H2,1-6H3;7-14H,1,15H2,2-6H3;9-10,18H,2-8H2,1H3;8-9,17H,1-7H2;1H;;/q;+1;;-1;;+1;/p-1. The van der Waals surface area contributed by atoms with Gasteiger partial charge in [-0.05, 0) is 183 Å². The van der Waals surface area contributed by atoms with Crippen molar-refractivity contribution in [2.75, 3.05) is 13.2 Å². The maximum atomic E-state index is 12.8. The third-order valence-electron chi connectivity index (χ3n) is 17.8. The predicted octanol–water partition coefficient (Wildman–Crippen LogP) is 9.37. The second-order valence-electron chi connectivity index (χ2n) is 29.7. The van der Waals surface area contributed by atoms with Gasteiger partial charge in [0.1, 0.15) is 5.41 Å². The molecule has 8 aliphatic carbocycles. The molecule has 9 nitrogen and oxygen atoms in total. The molecule has 4 unspecified atom stereocenters. The van der Waals surface area contributed by atoms with Gasteiger partial charge in [0.15, 0.2) is 0 Å². The van der Waals surface area contributed by atoms with Crippen molar-refractivity contribution in [3.8, 4) is 0 Å². The molecule has 8 aliphatic rings. The molecule has 12 rings (SSSR count). The van der Waals surface area contributed by atoms with E-state index in [9.17, 15) is 37.4 Å². The average molecular weight is 1230 g/mol. The second kappa shape index (κ2) is 28.7. The van der Waals surface area contributed by atoms with Crippen molar-refractivity contribution in [2.24, 2.45) is 34.5 Å². The van der Waals surface area contributed by atoms with E-state index in [0.717, 1.165) is 77.0 Å². The van der Waals surface area contributed by atoms with E-state index in [4.69, 9.17) is 22.1 Å². The molecule has 4 aromatic rings. The van der Waals surface area contributed by atoms with Gasteiger partial charge in [-0.1, -0.05) is 159 Å². The summed E-state index contributed by atoms with van der Waals surface area (Å²) in [5, 5.41) is 21.0. The first kappa shape index (κ1) is 73.6. The van der Waals surface area contributed by atoms with E-state index >= 15 is 0 Å². The van der Waals surface area contributed by atoms with Crippen LogP contribution in [0.2, 0.25) is 0 Å². The SMILES string of the molecule is CC(C)(C)c1ccc(Cc2ccc(C(C)(C)C)cc2)cc1.CC(F)(F)C(=O)OCC12CC3CC(CC(O)(C3)C1)C2.O=C(OCC12CC3CC(CC(O)(C3)C1)C2)[C-](F)F.O=S(=O)=O.[CH2+]C(C)(C)c1ccc(Cc2ccc(C(C)(C)C)cc2)cc1.[Cl-].[Na+]. The van der Waals surface area contributed by atoms with Gasteiger partial charge < -0.3 is 40.9 Å². The Morgan fingerprint density at radius 2 is 0.776 bits per heavy atom. The Kier molecular flexibility index (Phi) is 24.9. The molecule has 0 radical (unpaired) electrons. The van der Waals surface area contributed by atoms with E-state index in [1.165, 1.54) is 44.5 Å². The maximum Gasteiger partial charge on any atom is 1.00 e. The number of aliphatic hydroxyl groups is 2. The first-order valence-corrected chi connectivity index (χ1v) is 30.5. The third-order valence-corrected chi connectivity index (χ3v) is 17.8. The Hall–Kier alpha value is -3.89. The summed E-state index contributed by atoms with van der Waals surface area (Å²) in [6.07, 6.45) is 10.0. The number of benzene rings is 4. The zero-order chi connectivity index (χ0) is 61.8. The number of esters is 2. The van der Waals surface area contributed by atoms with Crippen LogP contribution >= 0.6 is 0 Å². The summed E-state index contributed by atoms with van der Waals surface area (Å²) in [6, 6.07) is 35.9. The molecule has 16 heteroatoms. The van der Waals surface area contributed by atoms with Crippen molar-refractivity contribution in [1.82, 2.24) is 0 Å². The molecule has 0 aliphatic heterocycles. The van der Waals surface area contributed by atoms with Crippen LogP contribution < -0.4 is 42.0 Å². The largest absolute Gasteiger partial charge is 1.00 e. The quantitative estimate of drug-likeness (QED) is 0.0650. The van der Waals surface area contributed by atoms with Crippen LogP contribution in [0.25, 0.3) is 0 Å². The minimum atomic E-state index is -3.43. The maximum absolute atomic E-state index is 12.8. The smallest absolute Gasteiger partial charge is 1.00 e. The monoisotopic (exact) mass is 1230 g/mol. The fourth-order valence-corrected chi connectivity index (χ4v) is 14.7. The summed E-state index contributed by atoms with van der Waals surface area (Å²) in [7, 11) is -3.11. The molecule has 85 heavy (non-hydrogen) atoms. The summed E-state index contributed by atoms with van der Waals surface area (Å²) in [6.45, 7) is 29.4. The van der Waals surface area contributed by atoms with E-state index in [2.05, 4.69) is 180 Å². The Morgan fingerprint density at radius 3 is 1.00 bits per heavy atom. The molecule has 0 aromatic heterocycles. The normalized spacial score (nSPS) is 25.9. The number of alkyl halides is 2. The Labute approximate surface area is 534 Å². The molecule has 4 atom stereocenters. The number of carbonyl (C=O) groups is 2. The van der Waals surface area contributed by atoms with Gasteiger partial charge in [-0.15, -0.1) is 12.6 Å². The molecule has 0 heterocycles. The van der Waals surface area contributed by atoms with Gasteiger partial charge in [-0.3, -0.25) is 4.79 Å². The van der Waals surface area contributed by atoms with E-state index in [1.807, 2.05) is 0 Å². The minimum Gasteiger partial charge on any atom is -1.00 e. The van der Waals surface area contributed by atoms with Crippen LogP contribution in [0.1, 0.15) is 205 Å². The Morgan fingerprint density at radius 1 is 0.518 bits per heavy atom. The van der Waals surface area contributed by atoms with Gasteiger partial charge >= 0.3 is 52.1 Å². The first-order chi connectivity index (χ1) is 38.1. The van der Waals surface area contributed by atoms with Crippen molar-refractivity contribution in [1.29, 1.82) is 0 Å². The third kappa shape index (κ3) is 21.7. The minimum absolute atomic E-state index is 0. The number of rotatable bonds is 11. The molecular formula is C69H92ClF4NaO9S. The Bertz CT molecular complexity index is 2660. The summed E-state index contributed by atoms with van der Waals surface area (Å²) >= 11 is 0. The van der Waals surface area contributed by atoms with Gasteiger partial charge in [-0.25, -0.2) is 4.79 Å². The van der Waals surface area contributed by atoms with Crippen molar-refractivity contribution < 1.29 is 101 Å². The van der Waals surface area contributed by atoms with Crippen LogP contribution in [-0.4, -0.2) is 65.1 Å². The summed E-state index contributed by atoms with van der Waals surface area (Å²) in [4.78, 5) is 22.0. The first-order valence-electron chi connectivity index (χ1n) is 29.5. The van der Waals surface area contributed by atoms with Crippen molar-refractivity contribution in [2.45, 2.75) is 212 Å². The van der Waals surface area contributed by atoms with E-state index < -0.39 is 46.1 Å². The van der Waals surface area contributed by atoms with Gasteiger partial charge in [-0.2, -0.15) is 8.78 Å². The summed E-state index contributed by atoms with van der Waals surface area (Å²) in [5.41, 5.74) is 9.79. The molecule has 0 amide bonds. The van der Waals surface area contributed by atoms with Gasteiger partial charge in [0, 0.05) is 29.7 Å². The average Bonchev–Trinajstić information content (AvgIpc) is 1.12. The van der Waals surface area contributed by atoms with Gasteiger partial charge in [0.2, 0.25) is 5.97 Å². The molecule has 8 saturated carbocycles. The summed E-state index contributed by atoms with van der Waals surface area (Å²) in [5.74, 6) is -4.53. The van der Waals surface area contributed by atoms with Gasteiger partial charge in [0.25, 0.3) is 0 Å². The fraction of sp³-hybridized carbons (Fsp3) is 0.594. The van der Waals surface area contributed by atoms with Crippen LogP contribution in [-0.2, 0) is 64.2 Å². The topological polar surface area (TPSA) is 144 Å². The number of halogens is 5. The molecule has 2 N–H and O–H groups in total. The van der Waals surface area contributed by atoms with E-state index in [-0.39, 0.29) is 87.7 Å². The molecule has 0 spiro atoms. The molecule has 8 bridgehead atoms. The number of hydrogen-bond acceptors (Lipinski definition) is 9. The van der Waals surface area contributed by atoms with Crippen LogP contribution in [0.15, 0.2) is 97.1 Å². The molecule has 4 aromatic carbocycles. The summed E-state index contributed by atoms with van der Waals surface area (Å²) < 4.78 is 84.6. The van der Waals surface area contributed by atoms with Crippen LogP contribution in [0.5, 0.6) is 0 Å². The Balaban J connectivity index is 0.000000236. The van der Waals surface area contributed by atoms with E-state index in [0.29, 0.717) is 43.4 Å². The number of hydrogen-bond donors (Lipinski definition) is 2. The number of carbonyl (C=O) groups excluding carboxylic acids is 2. The molecule has 0 saturated heterocycles. The zero-order valence-electron chi connectivity index (χ0n) is 52.6.